The van der Waals surface area contributed by atoms with Crippen molar-refractivity contribution in [2.75, 3.05) is 0 Å². The molecule has 1 aromatic heterocycles. The summed E-state index contributed by atoms with van der Waals surface area (Å²) in [7, 11) is 0. The summed E-state index contributed by atoms with van der Waals surface area (Å²) < 4.78 is 0. The summed E-state index contributed by atoms with van der Waals surface area (Å²) >= 11 is 0. The van der Waals surface area contributed by atoms with Crippen molar-refractivity contribution in [2.24, 2.45) is 0 Å². The van der Waals surface area contributed by atoms with Gasteiger partial charge < -0.3 is 10.6 Å². The maximum Gasteiger partial charge on any atom is 0.251 e. The van der Waals surface area contributed by atoms with E-state index >= 15 is 0 Å². The highest BCUT2D eigenvalue weighted by atomic mass is 16.2. The molecule has 2 amide bonds. The fourth-order valence-electron chi connectivity index (χ4n) is 3.29. The molecule has 5 nitrogen and oxygen atoms in total. The van der Waals surface area contributed by atoms with Gasteiger partial charge in [0.15, 0.2) is 0 Å². The molecule has 29 heavy (non-hydrogen) atoms. The van der Waals surface area contributed by atoms with E-state index in [1.807, 2.05) is 54.6 Å². The van der Waals surface area contributed by atoms with Crippen molar-refractivity contribution in [3.63, 3.8) is 0 Å². The van der Waals surface area contributed by atoms with Crippen LogP contribution < -0.4 is 10.6 Å². The molecule has 0 spiro atoms. The maximum atomic E-state index is 12.5. The highest BCUT2D eigenvalue weighted by Gasteiger charge is 2.20. The Morgan fingerprint density at radius 2 is 1.59 bits per heavy atom. The van der Waals surface area contributed by atoms with E-state index in [2.05, 4.69) is 15.6 Å². The van der Waals surface area contributed by atoms with Gasteiger partial charge in [-0.05, 0) is 72.4 Å². The van der Waals surface area contributed by atoms with Crippen LogP contribution in [0.5, 0.6) is 0 Å². The summed E-state index contributed by atoms with van der Waals surface area (Å²) in [5.41, 5.74) is 4.22. The fraction of sp³-hybridized carbons (Fsp3) is 0.208. The van der Waals surface area contributed by atoms with Crippen LogP contribution in [0.1, 0.15) is 45.5 Å². The number of pyridine rings is 1. The number of carbonyl (C=O) groups is 2. The average Bonchev–Trinajstić information content (AvgIpc) is 2.75. The van der Waals surface area contributed by atoms with Crippen LogP contribution in [0.2, 0.25) is 0 Å². The first-order valence-corrected chi connectivity index (χ1v) is 9.87. The van der Waals surface area contributed by atoms with E-state index in [0.29, 0.717) is 23.7 Å². The minimum absolute atomic E-state index is 0.0467. The molecule has 5 heteroatoms. The smallest absolute Gasteiger partial charge is 0.251 e. The molecule has 0 radical (unpaired) electrons. The SMILES string of the molecule is O=C(NCc1cccc(C(=O)NC2CCC2)c1)c1ccc(-c2ccncc2)cc1. The molecule has 0 bridgehead atoms. The number of benzene rings is 2. The Bertz CT molecular complexity index is 996. The van der Waals surface area contributed by atoms with E-state index in [1.54, 1.807) is 18.5 Å². The second-order valence-corrected chi connectivity index (χ2v) is 7.30. The summed E-state index contributed by atoms with van der Waals surface area (Å²) in [5.74, 6) is -0.190. The van der Waals surface area contributed by atoms with E-state index in [1.165, 1.54) is 6.42 Å². The van der Waals surface area contributed by atoms with Gasteiger partial charge in [0.1, 0.15) is 0 Å². The second-order valence-electron chi connectivity index (χ2n) is 7.30. The zero-order chi connectivity index (χ0) is 20.1. The van der Waals surface area contributed by atoms with Gasteiger partial charge >= 0.3 is 0 Å². The zero-order valence-corrected chi connectivity index (χ0v) is 16.1. The number of rotatable bonds is 6. The Kier molecular flexibility index (Phi) is 5.66. The number of hydrogen-bond donors (Lipinski definition) is 2. The van der Waals surface area contributed by atoms with Gasteiger partial charge in [0.05, 0.1) is 0 Å². The van der Waals surface area contributed by atoms with Crippen LogP contribution in [-0.2, 0) is 6.54 Å². The normalized spacial score (nSPS) is 13.4. The molecule has 1 aliphatic carbocycles. The van der Waals surface area contributed by atoms with E-state index in [0.717, 1.165) is 29.5 Å². The van der Waals surface area contributed by atoms with Crippen LogP contribution >= 0.6 is 0 Å². The van der Waals surface area contributed by atoms with Crippen molar-refractivity contribution >= 4 is 11.8 Å². The summed E-state index contributed by atoms with van der Waals surface area (Å²) in [6.45, 7) is 0.371. The lowest BCUT2D eigenvalue weighted by Gasteiger charge is -2.26. The van der Waals surface area contributed by atoms with E-state index in [4.69, 9.17) is 0 Å². The Morgan fingerprint density at radius 1 is 0.862 bits per heavy atom. The van der Waals surface area contributed by atoms with Crippen LogP contribution in [0.4, 0.5) is 0 Å². The number of amides is 2. The molecule has 0 atom stereocenters. The van der Waals surface area contributed by atoms with Crippen LogP contribution in [0.25, 0.3) is 11.1 Å². The lowest BCUT2D eigenvalue weighted by atomic mass is 9.93. The molecule has 0 saturated heterocycles. The van der Waals surface area contributed by atoms with Crippen molar-refractivity contribution in [1.82, 2.24) is 15.6 Å². The van der Waals surface area contributed by atoms with Crippen molar-refractivity contribution in [2.45, 2.75) is 31.8 Å². The molecular weight excluding hydrogens is 362 g/mol. The first-order chi connectivity index (χ1) is 14.2. The van der Waals surface area contributed by atoms with E-state index in [-0.39, 0.29) is 11.8 Å². The lowest BCUT2D eigenvalue weighted by molar-refractivity contribution is 0.0916. The number of nitrogens with one attached hydrogen (secondary N) is 2. The standard InChI is InChI=1S/C24H23N3O2/c28-23(20-9-7-18(8-10-20)19-11-13-25-14-12-19)26-16-17-3-1-4-21(15-17)24(29)27-22-5-2-6-22/h1,3-4,7-15,22H,2,5-6,16H2,(H,26,28)(H,27,29). The van der Waals surface area contributed by atoms with E-state index in [9.17, 15) is 9.59 Å². The van der Waals surface area contributed by atoms with Gasteiger partial charge in [-0.15, -0.1) is 0 Å². The van der Waals surface area contributed by atoms with Crippen molar-refractivity contribution < 1.29 is 9.59 Å². The van der Waals surface area contributed by atoms with Crippen molar-refractivity contribution in [3.8, 4) is 11.1 Å². The van der Waals surface area contributed by atoms with Gasteiger partial charge in [-0.2, -0.15) is 0 Å². The van der Waals surface area contributed by atoms with Gasteiger partial charge in [0.25, 0.3) is 11.8 Å². The summed E-state index contributed by atoms with van der Waals surface area (Å²) in [6, 6.07) is 19.0. The molecule has 0 unspecified atom stereocenters. The van der Waals surface area contributed by atoms with Crippen LogP contribution in [0.3, 0.4) is 0 Å². The highest BCUT2D eigenvalue weighted by molar-refractivity contribution is 5.95. The fourth-order valence-corrected chi connectivity index (χ4v) is 3.29. The zero-order valence-electron chi connectivity index (χ0n) is 16.1. The summed E-state index contributed by atoms with van der Waals surface area (Å²) in [6.07, 6.45) is 6.79. The van der Waals surface area contributed by atoms with Crippen LogP contribution in [0, 0.1) is 0 Å². The lowest BCUT2D eigenvalue weighted by Crippen LogP contribution is -2.39. The minimum Gasteiger partial charge on any atom is -0.349 e. The molecule has 3 aromatic rings. The highest BCUT2D eigenvalue weighted by Crippen LogP contribution is 2.19. The van der Waals surface area contributed by atoms with E-state index < -0.39 is 0 Å². The third kappa shape index (κ3) is 4.69. The number of nitrogens with zero attached hydrogens (tertiary/aromatic N) is 1. The predicted octanol–water partition coefficient (Wildman–Crippen LogP) is 3.96. The Balaban J connectivity index is 1.35. The topological polar surface area (TPSA) is 71.1 Å². The van der Waals surface area contributed by atoms with Crippen LogP contribution in [0.15, 0.2) is 73.1 Å². The number of aromatic nitrogens is 1. The second kappa shape index (κ2) is 8.69. The van der Waals surface area contributed by atoms with Gasteiger partial charge in [-0.3, -0.25) is 14.6 Å². The Labute approximate surface area is 170 Å². The molecule has 4 rings (SSSR count). The van der Waals surface area contributed by atoms with Gasteiger partial charge in [-0.1, -0.05) is 24.3 Å². The third-order valence-electron chi connectivity index (χ3n) is 5.24. The maximum absolute atomic E-state index is 12.5. The first-order valence-electron chi connectivity index (χ1n) is 9.87. The molecule has 0 aliphatic heterocycles. The number of carbonyl (C=O) groups excluding carboxylic acids is 2. The number of hydrogen-bond acceptors (Lipinski definition) is 3. The third-order valence-corrected chi connectivity index (χ3v) is 5.24. The molecule has 2 N–H and O–H groups in total. The Morgan fingerprint density at radius 3 is 2.28 bits per heavy atom. The largest absolute Gasteiger partial charge is 0.349 e. The van der Waals surface area contributed by atoms with Crippen LogP contribution in [-0.4, -0.2) is 22.8 Å². The van der Waals surface area contributed by atoms with Gasteiger partial charge in [-0.25, -0.2) is 0 Å². The molecule has 2 aromatic carbocycles. The average molecular weight is 385 g/mol. The van der Waals surface area contributed by atoms with Crippen molar-refractivity contribution in [3.05, 3.63) is 89.7 Å². The quantitative estimate of drug-likeness (QED) is 0.675. The Hall–Kier alpha value is -3.47. The molecular formula is C24H23N3O2. The first kappa shape index (κ1) is 18.9. The predicted molar refractivity (Wildman–Crippen MR) is 112 cm³/mol. The molecule has 146 valence electrons. The molecule has 1 saturated carbocycles. The monoisotopic (exact) mass is 385 g/mol. The van der Waals surface area contributed by atoms with Crippen molar-refractivity contribution in [1.29, 1.82) is 0 Å². The summed E-state index contributed by atoms with van der Waals surface area (Å²) in [4.78, 5) is 28.8. The molecule has 1 heterocycles. The minimum atomic E-state index is -0.143. The van der Waals surface area contributed by atoms with Gasteiger partial charge in [0, 0.05) is 36.1 Å². The summed E-state index contributed by atoms with van der Waals surface area (Å²) in [5, 5.41) is 5.96. The molecule has 1 aliphatic rings. The van der Waals surface area contributed by atoms with Gasteiger partial charge in [0.2, 0.25) is 0 Å². The molecule has 1 fully saturated rings.